The van der Waals surface area contributed by atoms with Crippen molar-refractivity contribution in [3.8, 4) is 0 Å². The molecule has 5 heteroatoms. The molecule has 130 valence electrons. The van der Waals surface area contributed by atoms with Crippen LogP contribution in [0.2, 0.25) is 0 Å². The summed E-state index contributed by atoms with van der Waals surface area (Å²) in [6.07, 6.45) is 7.81. The van der Waals surface area contributed by atoms with Gasteiger partial charge in [-0.15, -0.1) is 24.0 Å². The zero-order chi connectivity index (χ0) is 15.1. The van der Waals surface area contributed by atoms with E-state index in [0.29, 0.717) is 6.04 Å². The molecule has 0 radical (unpaired) electrons. The van der Waals surface area contributed by atoms with Gasteiger partial charge in [0.1, 0.15) is 0 Å². The molecule has 1 aliphatic heterocycles. The van der Waals surface area contributed by atoms with E-state index in [1.807, 2.05) is 0 Å². The zero-order valence-corrected chi connectivity index (χ0v) is 16.9. The molecule has 1 heterocycles. The van der Waals surface area contributed by atoms with Gasteiger partial charge >= 0.3 is 0 Å². The molecule has 1 aliphatic carbocycles. The van der Waals surface area contributed by atoms with Crippen LogP contribution in [0.5, 0.6) is 0 Å². The first-order valence-corrected chi connectivity index (χ1v) is 9.05. The highest BCUT2D eigenvalue weighted by molar-refractivity contribution is 14.0. The fourth-order valence-electron chi connectivity index (χ4n) is 3.13. The molecular weight excluding hydrogens is 387 g/mol. The van der Waals surface area contributed by atoms with Gasteiger partial charge in [0.05, 0.1) is 0 Å². The van der Waals surface area contributed by atoms with Crippen molar-refractivity contribution in [2.45, 2.75) is 71.4 Å². The molecule has 22 heavy (non-hydrogen) atoms. The van der Waals surface area contributed by atoms with Crippen LogP contribution in [0.25, 0.3) is 0 Å². The lowest BCUT2D eigenvalue weighted by Crippen LogP contribution is -2.49. The normalized spacial score (nSPS) is 20.8. The zero-order valence-electron chi connectivity index (χ0n) is 14.6. The predicted molar refractivity (Wildman–Crippen MR) is 106 cm³/mol. The average Bonchev–Trinajstić information content (AvgIpc) is 3.34. The quantitative estimate of drug-likeness (QED) is 0.376. The van der Waals surface area contributed by atoms with Crippen molar-refractivity contribution in [3.05, 3.63) is 0 Å². The summed E-state index contributed by atoms with van der Waals surface area (Å²) in [5, 5.41) is 7.06. The minimum absolute atomic E-state index is 0. The molecule has 2 rings (SSSR count). The standard InChI is InChI=1S/C17H34N4.HI/c1-4-14(5-2)13-19-17(18-6-3)20-15-9-11-21(12-10-15)16-7-8-16;/h14-16H,4-13H2,1-3H3,(H2,18,19,20);1H. The lowest BCUT2D eigenvalue weighted by Gasteiger charge is -2.33. The summed E-state index contributed by atoms with van der Waals surface area (Å²) < 4.78 is 0. The van der Waals surface area contributed by atoms with E-state index in [-0.39, 0.29) is 24.0 Å². The van der Waals surface area contributed by atoms with Crippen molar-refractivity contribution in [1.29, 1.82) is 0 Å². The molecule has 0 aromatic heterocycles. The molecule has 0 amide bonds. The van der Waals surface area contributed by atoms with Crippen molar-refractivity contribution in [3.63, 3.8) is 0 Å². The summed E-state index contributed by atoms with van der Waals surface area (Å²) in [6.45, 7) is 11.1. The fourth-order valence-corrected chi connectivity index (χ4v) is 3.13. The lowest BCUT2D eigenvalue weighted by atomic mass is 10.0. The van der Waals surface area contributed by atoms with E-state index in [4.69, 9.17) is 4.99 Å². The van der Waals surface area contributed by atoms with Crippen LogP contribution in [0.3, 0.4) is 0 Å². The number of guanidine groups is 1. The molecule has 0 bridgehead atoms. The summed E-state index contributed by atoms with van der Waals surface area (Å²) >= 11 is 0. The van der Waals surface area contributed by atoms with Gasteiger partial charge in [-0.25, -0.2) is 0 Å². The van der Waals surface area contributed by atoms with E-state index < -0.39 is 0 Å². The van der Waals surface area contributed by atoms with E-state index in [1.165, 1.54) is 51.6 Å². The Morgan fingerprint density at radius 2 is 1.73 bits per heavy atom. The summed E-state index contributed by atoms with van der Waals surface area (Å²) in [6, 6.07) is 1.52. The van der Waals surface area contributed by atoms with Crippen LogP contribution in [-0.2, 0) is 0 Å². The second kappa shape index (κ2) is 10.7. The van der Waals surface area contributed by atoms with E-state index in [0.717, 1.165) is 31.0 Å². The Labute approximate surface area is 153 Å². The van der Waals surface area contributed by atoms with Gasteiger partial charge in [0.25, 0.3) is 0 Å². The van der Waals surface area contributed by atoms with Gasteiger partial charge in [0.2, 0.25) is 0 Å². The maximum absolute atomic E-state index is 4.80. The predicted octanol–water partition coefficient (Wildman–Crippen LogP) is 3.22. The van der Waals surface area contributed by atoms with Crippen LogP contribution < -0.4 is 10.6 Å². The lowest BCUT2D eigenvalue weighted by molar-refractivity contribution is 0.197. The monoisotopic (exact) mass is 422 g/mol. The van der Waals surface area contributed by atoms with Crippen molar-refractivity contribution < 1.29 is 0 Å². The van der Waals surface area contributed by atoms with Gasteiger partial charge in [-0.2, -0.15) is 0 Å². The third kappa shape index (κ3) is 6.60. The molecule has 1 saturated heterocycles. The van der Waals surface area contributed by atoms with Crippen molar-refractivity contribution in [1.82, 2.24) is 15.5 Å². The van der Waals surface area contributed by atoms with E-state index in [9.17, 15) is 0 Å². The Bertz CT molecular complexity index is 319. The largest absolute Gasteiger partial charge is 0.357 e. The Kier molecular flexibility index (Phi) is 9.71. The molecule has 0 unspecified atom stereocenters. The van der Waals surface area contributed by atoms with Crippen molar-refractivity contribution in [2.24, 2.45) is 10.9 Å². The van der Waals surface area contributed by atoms with Crippen LogP contribution in [0.15, 0.2) is 4.99 Å². The topological polar surface area (TPSA) is 39.7 Å². The van der Waals surface area contributed by atoms with Gasteiger partial charge in [-0.1, -0.05) is 26.7 Å². The highest BCUT2D eigenvalue weighted by Gasteiger charge is 2.31. The van der Waals surface area contributed by atoms with Gasteiger partial charge < -0.3 is 15.5 Å². The SMILES string of the molecule is CCNC(=NCC(CC)CC)NC1CCN(C2CC2)CC1.I. The maximum atomic E-state index is 4.80. The molecule has 0 atom stereocenters. The Hall–Kier alpha value is -0.0400. The first kappa shape index (κ1) is 20.0. The van der Waals surface area contributed by atoms with Gasteiger partial charge in [-0.05, 0) is 38.5 Å². The Morgan fingerprint density at radius 1 is 1.09 bits per heavy atom. The van der Waals surface area contributed by atoms with Gasteiger partial charge in [0.15, 0.2) is 5.96 Å². The summed E-state index contributed by atoms with van der Waals surface area (Å²) in [4.78, 5) is 7.47. The number of hydrogen-bond acceptors (Lipinski definition) is 2. The van der Waals surface area contributed by atoms with Crippen LogP contribution >= 0.6 is 24.0 Å². The van der Waals surface area contributed by atoms with Crippen LogP contribution in [-0.4, -0.2) is 49.1 Å². The smallest absolute Gasteiger partial charge is 0.191 e. The van der Waals surface area contributed by atoms with Crippen molar-refractivity contribution in [2.75, 3.05) is 26.2 Å². The number of nitrogens with zero attached hydrogens (tertiary/aromatic N) is 2. The van der Waals surface area contributed by atoms with E-state index >= 15 is 0 Å². The second-order valence-corrected chi connectivity index (χ2v) is 6.59. The van der Waals surface area contributed by atoms with Crippen LogP contribution in [0, 0.1) is 5.92 Å². The minimum atomic E-state index is 0. The van der Waals surface area contributed by atoms with E-state index in [1.54, 1.807) is 0 Å². The molecule has 2 fully saturated rings. The average molecular weight is 422 g/mol. The summed E-state index contributed by atoms with van der Waals surface area (Å²) in [5.41, 5.74) is 0. The highest BCUT2D eigenvalue weighted by atomic mass is 127. The minimum Gasteiger partial charge on any atom is -0.357 e. The number of rotatable bonds is 7. The molecular formula is C17H35IN4. The molecule has 0 aromatic carbocycles. The second-order valence-electron chi connectivity index (χ2n) is 6.59. The molecule has 2 N–H and O–H groups in total. The highest BCUT2D eigenvalue weighted by Crippen LogP contribution is 2.29. The van der Waals surface area contributed by atoms with Crippen LogP contribution in [0.1, 0.15) is 59.3 Å². The summed E-state index contributed by atoms with van der Waals surface area (Å²) in [7, 11) is 0. The molecule has 1 saturated carbocycles. The fraction of sp³-hybridized carbons (Fsp3) is 0.941. The first-order valence-electron chi connectivity index (χ1n) is 9.05. The first-order chi connectivity index (χ1) is 10.3. The number of aliphatic imine (C=N–C) groups is 1. The summed E-state index contributed by atoms with van der Waals surface area (Å²) in [5.74, 6) is 1.74. The Balaban J connectivity index is 0.00000242. The number of halogens is 1. The third-order valence-corrected chi connectivity index (χ3v) is 4.94. The number of nitrogens with one attached hydrogen (secondary N) is 2. The van der Waals surface area contributed by atoms with Crippen molar-refractivity contribution >= 4 is 29.9 Å². The van der Waals surface area contributed by atoms with E-state index in [2.05, 4.69) is 36.3 Å². The molecule has 0 spiro atoms. The molecule has 0 aromatic rings. The number of hydrogen-bond donors (Lipinski definition) is 2. The molecule has 4 nitrogen and oxygen atoms in total. The third-order valence-electron chi connectivity index (χ3n) is 4.94. The Morgan fingerprint density at radius 3 is 2.23 bits per heavy atom. The molecule has 2 aliphatic rings. The van der Waals surface area contributed by atoms with Gasteiger partial charge in [0, 0.05) is 38.3 Å². The number of likely N-dealkylation sites (tertiary alicyclic amines) is 1. The number of piperidine rings is 1. The van der Waals surface area contributed by atoms with Crippen LogP contribution in [0.4, 0.5) is 0 Å². The van der Waals surface area contributed by atoms with Gasteiger partial charge in [-0.3, -0.25) is 4.99 Å². The maximum Gasteiger partial charge on any atom is 0.191 e.